The molecular weight excluding hydrogens is 731 g/mol. The quantitative estimate of drug-likeness (QED) is 0.164. The minimum atomic E-state index is -4.76. The van der Waals surface area contributed by atoms with Gasteiger partial charge in [-0.25, -0.2) is 0 Å². The zero-order chi connectivity index (χ0) is 35.7. The van der Waals surface area contributed by atoms with Crippen LogP contribution in [0.2, 0.25) is 6.55 Å². The first-order valence-corrected chi connectivity index (χ1v) is 34.8. The van der Waals surface area contributed by atoms with Crippen LogP contribution in [-0.4, -0.2) is 6.65 Å². The van der Waals surface area contributed by atoms with Crippen molar-refractivity contribution in [3.8, 4) is 22.3 Å². The molecule has 2 atom stereocenters. The van der Waals surface area contributed by atoms with E-state index in [1.165, 1.54) is 66.8 Å². The summed E-state index contributed by atoms with van der Waals surface area (Å²) in [5, 5.41) is 0. The summed E-state index contributed by atoms with van der Waals surface area (Å²) >= 11 is -4.76. The number of allylic oxidation sites excluding steroid dienone is 2. The van der Waals surface area contributed by atoms with Gasteiger partial charge in [0.1, 0.15) is 0 Å². The Bertz CT molecular complexity index is 1810. The van der Waals surface area contributed by atoms with Crippen LogP contribution in [0, 0.1) is 11.8 Å². The van der Waals surface area contributed by atoms with E-state index in [0.717, 1.165) is 0 Å². The van der Waals surface area contributed by atoms with E-state index >= 15 is 0 Å². The summed E-state index contributed by atoms with van der Waals surface area (Å²) in [5.41, 5.74) is 16.3. The SMILES string of the molecule is C[SiH2][Zr]([Cl])([Cl])([CH]1C(C(C)C)=Cc2c(-c3ccc(C(C)(C)C)cc3)cccc21)[CH]1C(C(C)C)=Cc2c(-c3ccc(C(C)(C)C)cc3)cccc21. The van der Waals surface area contributed by atoms with Gasteiger partial charge < -0.3 is 0 Å². The van der Waals surface area contributed by atoms with Crippen molar-refractivity contribution < 1.29 is 15.6 Å². The standard InChI is InChI=1S/2C22H25.CH5Si.2ClH.Zr/c2*1-15(2)18-13-17-7-6-8-20(21(17)14-18)16-9-11-19(12-10-16)22(3,4)5;1-2;;;/h2*6-15H,1-5H3;2H2,1H3;2*1H;/q;;;;;+2/p-2. The third-order valence-corrected chi connectivity index (χ3v) is 51.3. The Morgan fingerprint density at radius 2 is 0.898 bits per heavy atom. The van der Waals surface area contributed by atoms with Crippen LogP contribution in [0.4, 0.5) is 0 Å². The van der Waals surface area contributed by atoms with E-state index in [0.29, 0.717) is 11.8 Å². The molecule has 0 aromatic heterocycles. The van der Waals surface area contributed by atoms with Crippen molar-refractivity contribution in [2.24, 2.45) is 11.8 Å². The molecule has 0 spiro atoms. The number of hydrogen-bond acceptors (Lipinski definition) is 0. The molecule has 257 valence electrons. The topological polar surface area (TPSA) is 0 Å². The van der Waals surface area contributed by atoms with Gasteiger partial charge in [-0.2, -0.15) is 0 Å². The van der Waals surface area contributed by atoms with Crippen LogP contribution in [-0.2, 0) is 26.4 Å². The number of halogens is 2. The van der Waals surface area contributed by atoms with Gasteiger partial charge in [0, 0.05) is 0 Å². The van der Waals surface area contributed by atoms with Gasteiger partial charge in [0.05, 0.1) is 0 Å². The normalized spacial score (nSPS) is 18.9. The summed E-state index contributed by atoms with van der Waals surface area (Å²) in [6.45, 7) is 24.6. The fourth-order valence-corrected chi connectivity index (χ4v) is 37.1. The van der Waals surface area contributed by atoms with Crippen molar-refractivity contribution in [1.29, 1.82) is 0 Å². The minimum absolute atomic E-state index is 0.0954. The first-order valence-electron chi connectivity index (χ1n) is 18.3. The molecule has 0 nitrogen and oxygen atoms in total. The molecule has 0 amide bonds. The van der Waals surface area contributed by atoms with Crippen molar-refractivity contribution in [3.05, 3.63) is 129 Å². The molecule has 2 aliphatic carbocycles. The van der Waals surface area contributed by atoms with Crippen LogP contribution in [0.25, 0.3) is 34.4 Å². The molecule has 0 radical (unpaired) electrons. The molecule has 4 aromatic rings. The number of fused-ring (bicyclic) bond motifs is 2. The predicted molar refractivity (Wildman–Crippen MR) is 218 cm³/mol. The van der Waals surface area contributed by atoms with Gasteiger partial charge >= 0.3 is 309 Å². The summed E-state index contributed by atoms with van der Waals surface area (Å²) < 4.78 is 0.191. The molecule has 6 rings (SSSR count). The zero-order valence-electron chi connectivity index (χ0n) is 31.5. The number of rotatable bonds is 7. The molecule has 2 aliphatic rings. The van der Waals surface area contributed by atoms with Gasteiger partial charge in [0.25, 0.3) is 0 Å². The van der Waals surface area contributed by atoms with Crippen molar-refractivity contribution in [2.45, 2.75) is 93.9 Å². The summed E-state index contributed by atoms with van der Waals surface area (Å²) in [4.78, 5) is 0. The third-order valence-electron chi connectivity index (χ3n) is 11.5. The van der Waals surface area contributed by atoms with Gasteiger partial charge in [0.2, 0.25) is 0 Å². The molecule has 49 heavy (non-hydrogen) atoms. The Morgan fingerprint density at radius 3 is 1.18 bits per heavy atom. The summed E-state index contributed by atoms with van der Waals surface area (Å²) in [7, 11) is 17.2. The molecule has 2 unspecified atom stereocenters. The summed E-state index contributed by atoms with van der Waals surface area (Å²) in [6, 6.07) is 32.2. The Balaban J connectivity index is 1.53. The average molecular weight is 786 g/mol. The molecule has 4 heteroatoms. The monoisotopic (exact) mass is 783 g/mol. The molecule has 4 aromatic carbocycles. The fourth-order valence-electron chi connectivity index (χ4n) is 8.54. The molecule has 0 saturated carbocycles. The second-order valence-electron chi connectivity index (χ2n) is 17.4. The summed E-state index contributed by atoms with van der Waals surface area (Å²) in [5.74, 6) is 0.693. The van der Waals surface area contributed by atoms with E-state index < -0.39 is 22.2 Å². The van der Waals surface area contributed by atoms with E-state index in [2.05, 4.69) is 173 Å². The average Bonchev–Trinajstić information content (AvgIpc) is 3.66. The molecule has 0 N–H and O–H groups in total. The third kappa shape index (κ3) is 6.41. The van der Waals surface area contributed by atoms with Crippen molar-refractivity contribution in [3.63, 3.8) is 0 Å². The van der Waals surface area contributed by atoms with Gasteiger partial charge in [-0.1, -0.05) is 0 Å². The number of benzene rings is 4. The van der Waals surface area contributed by atoms with Crippen LogP contribution in [0.15, 0.2) is 96.1 Å². The van der Waals surface area contributed by atoms with E-state index in [4.69, 9.17) is 17.0 Å². The Morgan fingerprint density at radius 1 is 0.551 bits per heavy atom. The Hall–Kier alpha value is -1.96. The number of hydrogen-bond donors (Lipinski definition) is 0. The maximum atomic E-state index is 8.62. The van der Waals surface area contributed by atoms with Gasteiger partial charge in [-0.15, -0.1) is 0 Å². The van der Waals surface area contributed by atoms with Crippen molar-refractivity contribution in [1.82, 2.24) is 0 Å². The maximum absolute atomic E-state index is 8.62. The van der Waals surface area contributed by atoms with Crippen molar-refractivity contribution in [2.75, 3.05) is 0 Å². The Kier molecular flexibility index (Phi) is 9.70. The molecule has 0 aliphatic heterocycles. The van der Waals surface area contributed by atoms with Crippen LogP contribution in [0.1, 0.15) is 110 Å². The second-order valence-corrected chi connectivity index (χ2v) is 58.9. The molecular formula is C45H55Cl2SiZr. The van der Waals surface area contributed by atoms with Gasteiger partial charge in [-0.3, -0.25) is 0 Å². The van der Waals surface area contributed by atoms with Gasteiger partial charge in [0.15, 0.2) is 0 Å². The fraction of sp³-hybridized carbons (Fsp3) is 0.378. The van der Waals surface area contributed by atoms with E-state index in [-0.39, 0.29) is 18.1 Å². The molecule has 0 fully saturated rings. The zero-order valence-corrected chi connectivity index (χ0v) is 36.9. The predicted octanol–water partition coefficient (Wildman–Crippen LogP) is 13.6. The van der Waals surface area contributed by atoms with Crippen LogP contribution in [0.3, 0.4) is 0 Å². The molecule has 0 saturated heterocycles. The summed E-state index contributed by atoms with van der Waals surface area (Å²) in [6.07, 6.45) is 4.98. The van der Waals surface area contributed by atoms with E-state index in [1.54, 1.807) is 0 Å². The molecule has 0 bridgehead atoms. The van der Waals surface area contributed by atoms with E-state index in [9.17, 15) is 0 Å². The molecule has 0 heterocycles. The van der Waals surface area contributed by atoms with E-state index in [1.807, 2.05) is 0 Å². The first-order chi connectivity index (χ1) is 22.9. The van der Waals surface area contributed by atoms with Crippen LogP contribution >= 0.6 is 17.0 Å². The Labute approximate surface area is 306 Å². The van der Waals surface area contributed by atoms with Gasteiger partial charge in [-0.05, 0) is 0 Å². The van der Waals surface area contributed by atoms with Crippen LogP contribution in [0.5, 0.6) is 0 Å². The second kappa shape index (κ2) is 12.9. The van der Waals surface area contributed by atoms with Crippen LogP contribution < -0.4 is 0 Å². The van der Waals surface area contributed by atoms with Crippen molar-refractivity contribution >= 4 is 35.8 Å². The first kappa shape index (κ1) is 36.8.